The number of halogens is 1. The number of ether oxygens (including phenoxy) is 2. The van der Waals surface area contributed by atoms with Gasteiger partial charge in [-0.3, -0.25) is 4.79 Å². The van der Waals surface area contributed by atoms with E-state index in [-0.39, 0.29) is 18.3 Å². The number of benzene rings is 2. The molecule has 0 spiro atoms. The van der Waals surface area contributed by atoms with Crippen molar-refractivity contribution in [2.75, 3.05) is 18.2 Å². The Morgan fingerprint density at radius 1 is 1.17 bits per heavy atom. The van der Waals surface area contributed by atoms with Gasteiger partial charge in [0.1, 0.15) is 6.61 Å². The van der Waals surface area contributed by atoms with Crippen LogP contribution in [-0.2, 0) is 18.4 Å². The highest BCUT2D eigenvalue weighted by atomic mass is 127. The minimum atomic E-state index is -0.0959. The third-order valence-corrected chi connectivity index (χ3v) is 5.80. The monoisotopic (exact) mass is 524 g/mol. The van der Waals surface area contributed by atoms with Gasteiger partial charge in [-0.2, -0.15) is 0 Å². The van der Waals surface area contributed by atoms with Crippen LogP contribution in [0.5, 0.6) is 11.5 Å². The van der Waals surface area contributed by atoms with E-state index in [0.29, 0.717) is 22.5 Å². The molecule has 0 saturated heterocycles. The minimum absolute atomic E-state index is 0.0959. The third-order valence-electron chi connectivity index (χ3n) is 4.06. The molecule has 152 valence electrons. The smallest absolute Gasteiger partial charge is 0.234 e. The highest BCUT2D eigenvalue weighted by Crippen LogP contribution is 2.28. The first kappa shape index (κ1) is 21.4. The normalized spacial score (nSPS) is 10.6. The molecule has 0 aliphatic carbocycles. The van der Waals surface area contributed by atoms with E-state index in [0.717, 1.165) is 14.8 Å². The van der Waals surface area contributed by atoms with Crippen LogP contribution in [0.3, 0.4) is 0 Å². The number of carbonyl (C=O) groups excluding carboxylic acids is 1. The fourth-order valence-corrected chi connectivity index (χ4v) is 3.58. The maximum atomic E-state index is 12.2. The molecule has 0 atom stereocenters. The van der Waals surface area contributed by atoms with Gasteiger partial charge in [-0.05, 0) is 71.5 Å². The predicted octanol–water partition coefficient (Wildman–Crippen LogP) is 4.05. The highest BCUT2D eigenvalue weighted by molar-refractivity contribution is 14.1. The second-order valence-corrected chi connectivity index (χ2v) is 8.43. The summed E-state index contributed by atoms with van der Waals surface area (Å²) in [5.74, 6) is 2.13. The lowest BCUT2D eigenvalue weighted by molar-refractivity contribution is -0.113. The number of amides is 1. The molecule has 0 saturated carbocycles. The Bertz CT molecular complexity index is 992. The molecule has 9 heteroatoms. The zero-order valence-corrected chi connectivity index (χ0v) is 19.3. The quantitative estimate of drug-likeness (QED) is 0.354. The average Bonchev–Trinajstić information content (AvgIpc) is 3.06. The van der Waals surface area contributed by atoms with E-state index in [2.05, 4.69) is 38.1 Å². The Hall–Kier alpha value is -2.27. The maximum Gasteiger partial charge on any atom is 0.234 e. The number of hydrogen-bond acceptors (Lipinski definition) is 6. The molecule has 7 nitrogen and oxygen atoms in total. The Labute approximate surface area is 187 Å². The molecule has 1 aromatic heterocycles. The molecule has 2 aromatic carbocycles. The van der Waals surface area contributed by atoms with E-state index in [9.17, 15) is 4.79 Å². The number of hydrogen-bond donors (Lipinski definition) is 1. The van der Waals surface area contributed by atoms with Gasteiger partial charge in [0.05, 0.1) is 12.9 Å². The largest absolute Gasteiger partial charge is 0.493 e. The van der Waals surface area contributed by atoms with Crippen molar-refractivity contribution in [3.63, 3.8) is 0 Å². The van der Waals surface area contributed by atoms with Crippen LogP contribution in [0.15, 0.2) is 47.6 Å². The van der Waals surface area contributed by atoms with Gasteiger partial charge in [0.15, 0.2) is 22.5 Å². The Kier molecular flexibility index (Phi) is 7.37. The fraction of sp³-hybridized carbons (Fsp3) is 0.250. The summed E-state index contributed by atoms with van der Waals surface area (Å²) in [6, 6.07) is 13.4. The van der Waals surface area contributed by atoms with Crippen LogP contribution < -0.4 is 14.8 Å². The molecule has 1 amide bonds. The zero-order chi connectivity index (χ0) is 20.8. The molecule has 29 heavy (non-hydrogen) atoms. The molecule has 0 fully saturated rings. The van der Waals surface area contributed by atoms with Gasteiger partial charge in [0, 0.05) is 16.3 Å². The number of anilines is 1. The summed E-state index contributed by atoms with van der Waals surface area (Å²) in [6.07, 6.45) is 0. The molecule has 1 N–H and O–H groups in total. The molecule has 0 unspecified atom stereocenters. The predicted molar refractivity (Wildman–Crippen MR) is 122 cm³/mol. The molecule has 1 heterocycles. The molecular formula is C20H21IN4O3S. The summed E-state index contributed by atoms with van der Waals surface area (Å²) in [5.41, 5.74) is 1.87. The molecule has 0 aliphatic heterocycles. The Morgan fingerprint density at radius 3 is 2.66 bits per heavy atom. The first-order valence-electron chi connectivity index (χ1n) is 8.80. The third kappa shape index (κ3) is 5.86. The maximum absolute atomic E-state index is 12.2. The number of thioether (sulfide) groups is 1. The van der Waals surface area contributed by atoms with Crippen molar-refractivity contribution in [3.8, 4) is 11.5 Å². The van der Waals surface area contributed by atoms with Crippen LogP contribution in [0.1, 0.15) is 11.4 Å². The molecule has 0 radical (unpaired) electrons. The van der Waals surface area contributed by atoms with Crippen molar-refractivity contribution < 1.29 is 14.3 Å². The van der Waals surface area contributed by atoms with E-state index >= 15 is 0 Å². The van der Waals surface area contributed by atoms with Crippen molar-refractivity contribution in [2.24, 2.45) is 7.05 Å². The van der Waals surface area contributed by atoms with Crippen LogP contribution in [-0.4, -0.2) is 33.5 Å². The number of aryl methyl sites for hydroxylation is 1. The van der Waals surface area contributed by atoms with Crippen LogP contribution in [0.25, 0.3) is 0 Å². The number of nitrogens with one attached hydrogen (secondary N) is 1. The van der Waals surface area contributed by atoms with E-state index in [4.69, 9.17) is 9.47 Å². The summed E-state index contributed by atoms with van der Waals surface area (Å²) >= 11 is 3.55. The number of aromatic nitrogens is 3. The van der Waals surface area contributed by atoms with Gasteiger partial charge in [-0.1, -0.05) is 17.8 Å². The van der Waals surface area contributed by atoms with Gasteiger partial charge in [0.25, 0.3) is 0 Å². The highest BCUT2D eigenvalue weighted by Gasteiger charge is 2.13. The van der Waals surface area contributed by atoms with E-state index < -0.39 is 0 Å². The van der Waals surface area contributed by atoms with Gasteiger partial charge >= 0.3 is 0 Å². The van der Waals surface area contributed by atoms with E-state index in [1.54, 1.807) is 7.11 Å². The van der Waals surface area contributed by atoms with Crippen molar-refractivity contribution in [1.82, 2.24) is 14.8 Å². The fourth-order valence-electron chi connectivity index (χ4n) is 2.49. The SMILES string of the molecule is COc1cc(C)ccc1OCc1nnc(SCC(=O)Nc2ccc(I)cc2)n1C. The van der Waals surface area contributed by atoms with E-state index in [1.807, 2.05) is 61.0 Å². The van der Waals surface area contributed by atoms with Crippen molar-refractivity contribution in [3.05, 3.63) is 57.4 Å². The summed E-state index contributed by atoms with van der Waals surface area (Å²) in [4.78, 5) is 12.2. The lowest BCUT2D eigenvalue weighted by Gasteiger charge is -2.11. The summed E-state index contributed by atoms with van der Waals surface area (Å²) in [5, 5.41) is 11.8. The molecular weight excluding hydrogens is 503 g/mol. The van der Waals surface area contributed by atoms with Crippen LogP contribution in [0.4, 0.5) is 5.69 Å². The Balaban J connectivity index is 1.55. The van der Waals surface area contributed by atoms with E-state index in [1.165, 1.54) is 11.8 Å². The lowest BCUT2D eigenvalue weighted by Crippen LogP contribution is -2.14. The Morgan fingerprint density at radius 2 is 1.93 bits per heavy atom. The number of rotatable bonds is 8. The first-order valence-corrected chi connectivity index (χ1v) is 10.9. The molecule has 0 aliphatic rings. The summed E-state index contributed by atoms with van der Waals surface area (Å²) < 4.78 is 14.1. The van der Waals surface area contributed by atoms with Gasteiger partial charge < -0.3 is 19.4 Å². The number of carbonyl (C=O) groups is 1. The van der Waals surface area contributed by atoms with Crippen molar-refractivity contribution >= 4 is 45.9 Å². The molecule has 3 aromatic rings. The first-order chi connectivity index (χ1) is 14.0. The van der Waals surface area contributed by atoms with Crippen molar-refractivity contribution in [2.45, 2.75) is 18.7 Å². The zero-order valence-electron chi connectivity index (χ0n) is 16.3. The number of methoxy groups -OCH3 is 1. The average molecular weight is 524 g/mol. The lowest BCUT2D eigenvalue weighted by atomic mass is 10.2. The second-order valence-electron chi connectivity index (χ2n) is 6.24. The van der Waals surface area contributed by atoms with Crippen LogP contribution in [0, 0.1) is 10.5 Å². The van der Waals surface area contributed by atoms with Gasteiger partial charge in [0.2, 0.25) is 5.91 Å². The van der Waals surface area contributed by atoms with Crippen molar-refractivity contribution in [1.29, 1.82) is 0 Å². The topological polar surface area (TPSA) is 78.3 Å². The minimum Gasteiger partial charge on any atom is -0.493 e. The van der Waals surface area contributed by atoms with Gasteiger partial charge in [-0.15, -0.1) is 10.2 Å². The standard InChI is InChI=1S/C20H21IN4O3S/c1-13-4-9-16(17(10-13)27-3)28-11-18-23-24-20(25(18)2)29-12-19(26)22-15-7-5-14(21)6-8-15/h4-10H,11-12H2,1-3H3,(H,22,26). The second kappa shape index (κ2) is 9.97. The van der Waals surface area contributed by atoms with Gasteiger partial charge in [-0.25, -0.2) is 0 Å². The van der Waals surface area contributed by atoms with Crippen LogP contribution >= 0.6 is 34.4 Å². The number of nitrogens with zero attached hydrogens (tertiary/aromatic N) is 3. The molecule has 3 rings (SSSR count). The summed E-state index contributed by atoms with van der Waals surface area (Å²) in [7, 11) is 3.46. The van der Waals surface area contributed by atoms with Crippen LogP contribution in [0.2, 0.25) is 0 Å². The molecule has 0 bridgehead atoms. The summed E-state index contributed by atoms with van der Waals surface area (Å²) in [6.45, 7) is 2.24.